The van der Waals surface area contributed by atoms with E-state index in [9.17, 15) is 9.90 Å². The highest BCUT2D eigenvalue weighted by molar-refractivity contribution is 6.07. The van der Waals surface area contributed by atoms with E-state index in [1.54, 1.807) is 12.3 Å². The summed E-state index contributed by atoms with van der Waals surface area (Å²) in [5.41, 5.74) is 1.36. The fraction of sp³-hybridized carbons (Fsp3) is 0.381. The predicted octanol–water partition coefficient (Wildman–Crippen LogP) is 2.07. The molecule has 1 aliphatic rings. The van der Waals surface area contributed by atoms with Gasteiger partial charge in [0, 0.05) is 38.4 Å². The highest BCUT2D eigenvalue weighted by atomic mass is 16.3. The first-order valence-electron chi connectivity index (χ1n) is 9.54. The molecule has 28 heavy (non-hydrogen) atoms. The van der Waals surface area contributed by atoms with Crippen LogP contribution < -0.4 is 10.2 Å². The fourth-order valence-corrected chi connectivity index (χ4v) is 3.92. The van der Waals surface area contributed by atoms with Crippen molar-refractivity contribution in [3.05, 3.63) is 54.4 Å². The minimum atomic E-state index is -0.550. The molecule has 2 aromatic heterocycles. The van der Waals surface area contributed by atoms with E-state index in [0.717, 1.165) is 29.7 Å². The standard InChI is InChI=1S/C21H25N5O2/c1-25(2)20-12-16(15-6-3-4-7-17(15)23-20)21(28)24-18-10-14(11-19(18)27)13-26-9-5-8-22-26/h3-9,12,14,18-19,27H,10-11,13H2,1-2H3,(H,24,28)/t14?,18-,19-/m1/s1. The Kier molecular flexibility index (Phi) is 5.00. The first kappa shape index (κ1) is 18.4. The van der Waals surface area contributed by atoms with Gasteiger partial charge in [0.2, 0.25) is 0 Å². The lowest BCUT2D eigenvalue weighted by atomic mass is 10.1. The van der Waals surface area contributed by atoms with Gasteiger partial charge in [0.15, 0.2) is 0 Å². The van der Waals surface area contributed by atoms with Gasteiger partial charge >= 0.3 is 0 Å². The number of hydrogen-bond acceptors (Lipinski definition) is 5. The Morgan fingerprint density at radius 3 is 2.86 bits per heavy atom. The van der Waals surface area contributed by atoms with Crippen LogP contribution in [0.25, 0.3) is 10.9 Å². The zero-order chi connectivity index (χ0) is 19.7. The summed E-state index contributed by atoms with van der Waals surface area (Å²) in [5, 5.41) is 18.6. The van der Waals surface area contributed by atoms with Crippen molar-refractivity contribution in [1.29, 1.82) is 0 Å². The molecule has 1 amide bonds. The summed E-state index contributed by atoms with van der Waals surface area (Å²) in [5.74, 6) is 0.838. The second-order valence-corrected chi connectivity index (χ2v) is 7.65. The maximum Gasteiger partial charge on any atom is 0.252 e. The Morgan fingerprint density at radius 2 is 2.11 bits per heavy atom. The molecule has 1 saturated carbocycles. The molecule has 146 valence electrons. The molecule has 1 unspecified atom stereocenters. The van der Waals surface area contributed by atoms with Crippen molar-refractivity contribution in [2.24, 2.45) is 5.92 Å². The Labute approximate surface area is 164 Å². The van der Waals surface area contributed by atoms with Gasteiger partial charge in [-0.15, -0.1) is 0 Å². The number of anilines is 1. The number of carbonyl (C=O) groups excluding carboxylic acids is 1. The van der Waals surface area contributed by atoms with Gasteiger partial charge in [-0.05, 0) is 37.0 Å². The summed E-state index contributed by atoms with van der Waals surface area (Å²) in [6, 6.07) is 11.1. The van der Waals surface area contributed by atoms with Gasteiger partial charge in [0.25, 0.3) is 5.91 Å². The average Bonchev–Trinajstić information content (AvgIpc) is 3.30. The van der Waals surface area contributed by atoms with Crippen LogP contribution in [0.3, 0.4) is 0 Å². The monoisotopic (exact) mass is 379 g/mol. The third kappa shape index (κ3) is 3.71. The molecule has 2 N–H and O–H groups in total. The maximum atomic E-state index is 13.1. The second kappa shape index (κ2) is 7.59. The van der Waals surface area contributed by atoms with Crippen LogP contribution in [0.15, 0.2) is 48.8 Å². The number of para-hydroxylation sites is 1. The van der Waals surface area contributed by atoms with Crippen molar-refractivity contribution in [3.63, 3.8) is 0 Å². The van der Waals surface area contributed by atoms with E-state index in [-0.39, 0.29) is 17.9 Å². The Morgan fingerprint density at radius 1 is 1.29 bits per heavy atom. The van der Waals surface area contributed by atoms with Crippen LogP contribution in [0, 0.1) is 5.92 Å². The van der Waals surface area contributed by atoms with Crippen molar-refractivity contribution in [3.8, 4) is 0 Å². The number of nitrogens with one attached hydrogen (secondary N) is 1. The normalized spacial score (nSPS) is 21.8. The number of nitrogens with zero attached hydrogens (tertiary/aromatic N) is 4. The molecular weight excluding hydrogens is 354 g/mol. The van der Waals surface area contributed by atoms with E-state index < -0.39 is 6.10 Å². The fourth-order valence-electron chi connectivity index (χ4n) is 3.92. The molecule has 7 heteroatoms. The summed E-state index contributed by atoms with van der Waals surface area (Å²) >= 11 is 0. The van der Waals surface area contributed by atoms with Crippen LogP contribution in [0.4, 0.5) is 5.82 Å². The number of hydrogen-bond donors (Lipinski definition) is 2. The van der Waals surface area contributed by atoms with E-state index >= 15 is 0 Å². The van der Waals surface area contributed by atoms with Crippen molar-refractivity contribution < 1.29 is 9.90 Å². The van der Waals surface area contributed by atoms with Crippen molar-refractivity contribution in [2.45, 2.75) is 31.5 Å². The van der Waals surface area contributed by atoms with Crippen LogP contribution in [-0.4, -0.2) is 52.0 Å². The van der Waals surface area contributed by atoms with Gasteiger partial charge in [0.05, 0.1) is 23.2 Å². The third-order valence-electron chi connectivity index (χ3n) is 5.35. The van der Waals surface area contributed by atoms with Gasteiger partial charge in [-0.25, -0.2) is 4.98 Å². The molecular formula is C21H25N5O2. The molecule has 0 aliphatic heterocycles. The minimum Gasteiger partial charge on any atom is -0.391 e. The smallest absolute Gasteiger partial charge is 0.252 e. The first-order valence-corrected chi connectivity index (χ1v) is 9.54. The SMILES string of the molecule is CN(C)c1cc(C(=O)N[C@@H]2CC(Cn3cccn3)C[C@H]2O)c2ccccc2n1. The Bertz CT molecular complexity index is 970. The van der Waals surface area contributed by atoms with Gasteiger partial charge < -0.3 is 15.3 Å². The number of aliphatic hydroxyl groups is 1. The largest absolute Gasteiger partial charge is 0.391 e. The van der Waals surface area contributed by atoms with E-state index in [0.29, 0.717) is 12.0 Å². The number of fused-ring (bicyclic) bond motifs is 1. The van der Waals surface area contributed by atoms with Crippen LogP contribution in [0.2, 0.25) is 0 Å². The molecule has 3 atom stereocenters. The Balaban J connectivity index is 1.53. The van der Waals surface area contributed by atoms with Gasteiger partial charge in [-0.2, -0.15) is 5.10 Å². The van der Waals surface area contributed by atoms with E-state index in [2.05, 4.69) is 15.4 Å². The summed E-state index contributed by atoms with van der Waals surface area (Å²) < 4.78 is 1.88. The van der Waals surface area contributed by atoms with E-state index in [1.807, 2.05) is 60.2 Å². The molecule has 0 bridgehead atoms. The lowest BCUT2D eigenvalue weighted by Gasteiger charge is -2.19. The quantitative estimate of drug-likeness (QED) is 0.709. The highest BCUT2D eigenvalue weighted by Gasteiger charge is 2.34. The first-order chi connectivity index (χ1) is 13.5. The molecule has 1 aromatic carbocycles. The number of carbonyl (C=O) groups is 1. The summed E-state index contributed by atoms with van der Waals surface area (Å²) in [6.45, 7) is 0.749. The summed E-state index contributed by atoms with van der Waals surface area (Å²) in [4.78, 5) is 19.6. The number of aromatic nitrogens is 3. The van der Waals surface area contributed by atoms with Crippen LogP contribution >= 0.6 is 0 Å². The minimum absolute atomic E-state index is 0.175. The third-order valence-corrected chi connectivity index (χ3v) is 5.35. The number of benzene rings is 1. The predicted molar refractivity (Wildman–Crippen MR) is 108 cm³/mol. The maximum absolute atomic E-state index is 13.1. The molecule has 0 spiro atoms. The molecule has 0 radical (unpaired) electrons. The second-order valence-electron chi connectivity index (χ2n) is 7.65. The van der Waals surface area contributed by atoms with Gasteiger partial charge in [-0.1, -0.05) is 18.2 Å². The highest BCUT2D eigenvalue weighted by Crippen LogP contribution is 2.28. The lowest BCUT2D eigenvalue weighted by Crippen LogP contribution is -2.40. The zero-order valence-corrected chi connectivity index (χ0v) is 16.1. The van der Waals surface area contributed by atoms with Crippen molar-refractivity contribution in [2.75, 3.05) is 19.0 Å². The van der Waals surface area contributed by atoms with E-state index in [1.165, 1.54) is 0 Å². The number of rotatable bonds is 5. The van der Waals surface area contributed by atoms with Crippen molar-refractivity contribution >= 4 is 22.6 Å². The van der Waals surface area contributed by atoms with E-state index in [4.69, 9.17) is 0 Å². The summed E-state index contributed by atoms with van der Waals surface area (Å²) in [6.07, 6.45) is 4.51. The number of pyridine rings is 1. The van der Waals surface area contributed by atoms with Crippen molar-refractivity contribution in [1.82, 2.24) is 20.1 Å². The molecule has 2 heterocycles. The molecule has 4 rings (SSSR count). The zero-order valence-electron chi connectivity index (χ0n) is 16.1. The molecule has 1 aliphatic carbocycles. The average molecular weight is 379 g/mol. The van der Waals surface area contributed by atoms with Gasteiger partial charge in [0.1, 0.15) is 5.82 Å². The number of aliphatic hydroxyl groups excluding tert-OH is 1. The van der Waals surface area contributed by atoms with Crippen LogP contribution in [-0.2, 0) is 6.54 Å². The van der Waals surface area contributed by atoms with Crippen LogP contribution in [0.1, 0.15) is 23.2 Å². The molecule has 7 nitrogen and oxygen atoms in total. The summed E-state index contributed by atoms with van der Waals surface area (Å²) in [7, 11) is 3.80. The molecule has 3 aromatic rings. The lowest BCUT2D eigenvalue weighted by molar-refractivity contribution is 0.0874. The van der Waals surface area contributed by atoms with Gasteiger partial charge in [-0.3, -0.25) is 9.48 Å². The molecule has 1 fully saturated rings. The number of amides is 1. The molecule has 0 saturated heterocycles. The topological polar surface area (TPSA) is 83.3 Å². The van der Waals surface area contributed by atoms with Crippen LogP contribution in [0.5, 0.6) is 0 Å². The Hall–Kier alpha value is -2.93.